The van der Waals surface area contributed by atoms with Gasteiger partial charge >= 0.3 is 0 Å². The van der Waals surface area contributed by atoms with Crippen LogP contribution < -0.4 is 4.74 Å². The van der Waals surface area contributed by atoms with Gasteiger partial charge in [-0.1, -0.05) is 55.0 Å². The van der Waals surface area contributed by atoms with Gasteiger partial charge < -0.3 is 4.74 Å². The highest BCUT2D eigenvalue weighted by Gasteiger charge is 2.29. The van der Waals surface area contributed by atoms with E-state index in [2.05, 4.69) is 54.1 Å². The summed E-state index contributed by atoms with van der Waals surface area (Å²) in [7, 11) is 2.25. The van der Waals surface area contributed by atoms with Crippen molar-refractivity contribution in [2.24, 2.45) is 0 Å². The lowest BCUT2D eigenvalue weighted by molar-refractivity contribution is 0.0584. The van der Waals surface area contributed by atoms with Crippen LogP contribution in [0.4, 0.5) is 0 Å². The molecule has 1 saturated heterocycles. The molecule has 2 unspecified atom stereocenters. The van der Waals surface area contributed by atoms with Crippen LogP contribution in [-0.4, -0.2) is 48.6 Å². The van der Waals surface area contributed by atoms with Gasteiger partial charge in [0, 0.05) is 25.2 Å². The van der Waals surface area contributed by atoms with Crippen molar-refractivity contribution in [1.82, 2.24) is 9.80 Å². The average Bonchev–Trinajstić information content (AvgIpc) is 2.69. The van der Waals surface area contributed by atoms with Crippen LogP contribution in [0.15, 0.2) is 60.7 Å². The first-order chi connectivity index (χ1) is 12.7. The second-order valence-corrected chi connectivity index (χ2v) is 7.40. The molecule has 1 fully saturated rings. The Kier molecular flexibility index (Phi) is 11.6. The van der Waals surface area contributed by atoms with Crippen LogP contribution in [0.3, 0.4) is 0 Å². The molecule has 1 aliphatic heterocycles. The molecule has 0 N–H and O–H groups in total. The molecule has 156 valence electrons. The van der Waals surface area contributed by atoms with E-state index in [1.807, 2.05) is 30.3 Å². The summed E-state index contributed by atoms with van der Waals surface area (Å²) in [5.74, 6) is 0.968. The van der Waals surface area contributed by atoms with Crippen LogP contribution in [0.25, 0.3) is 0 Å². The fourth-order valence-electron chi connectivity index (χ4n) is 3.95. The average molecular weight is 425 g/mol. The molecule has 1 heterocycles. The number of ether oxygens (including phenoxy) is 1. The van der Waals surface area contributed by atoms with E-state index < -0.39 is 0 Å². The molecular formula is C23H34Cl2N2O. The van der Waals surface area contributed by atoms with Gasteiger partial charge in [0.2, 0.25) is 0 Å². The number of hydrogen-bond acceptors (Lipinski definition) is 3. The normalized spacial score (nSPS) is 18.0. The molecule has 2 aromatic carbocycles. The number of hydrogen-bond donors (Lipinski definition) is 0. The summed E-state index contributed by atoms with van der Waals surface area (Å²) in [4.78, 5) is 5.13. The Morgan fingerprint density at radius 1 is 1.00 bits per heavy atom. The lowest BCUT2D eigenvalue weighted by atomic mass is 9.95. The number of likely N-dealkylation sites (tertiary alicyclic amines) is 1. The predicted molar refractivity (Wildman–Crippen MR) is 123 cm³/mol. The lowest BCUT2D eigenvalue weighted by Gasteiger charge is -2.42. The maximum absolute atomic E-state index is 5.94. The van der Waals surface area contributed by atoms with Gasteiger partial charge in [-0.15, -0.1) is 24.8 Å². The summed E-state index contributed by atoms with van der Waals surface area (Å²) in [6.45, 7) is 6.34. The number of benzene rings is 2. The van der Waals surface area contributed by atoms with Crippen LogP contribution in [0.2, 0.25) is 0 Å². The van der Waals surface area contributed by atoms with E-state index >= 15 is 0 Å². The van der Waals surface area contributed by atoms with Crippen LogP contribution in [0, 0.1) is 0 Å². The van der Waals surface area contributed by atoms with Crippen molar-refractivity contribution in [3.8, 4) is 5.75 Å². The Balaban J connectivity index is 0.00000196. The molecule has 3 rings (SSSR count). The molecule has 5 heteroatoms. The zero-order chi connectivity index (χ0) is 18.2. The van der Waals surface area contributed by atoms with Crippen molar-refractivity contribution < 1.29 is 4.74 Å². The van der Waals surface area contributed by atoms with Gasteiger partial charge in [0.15, 0.2) is 0 Å². The van der Waals surface area contributed by atoms with Gasteiger partial charge in [-0.2, -0.15) is 0 Å². The number of para-hydroxylation sites is 1. The SMILES string of the molecule is CC(C1CCCCN1CCOc1ccccc1)N(C)Cc1ccccc1.Cl.Cl. The predicted octanol–water partition coefficient (Wildman–Crippen LogP) is 5.28. The highest BCUT2D eigenvalue weighted by molar-refractivity contribution is 5.85. The zero-order valence-corrected chi connectivity index (χ0v) is 18.6. The number of piperidine rings is 1. The van der Waals surface area contributed by atoms with E-state index in [-0.39, 0.29) is 24.8 Å². The van der Waals surface area contributed by atoms with Crippen molar-refractivity contribution in [2.45, 2.75) is 44.8 Å². The largest absolute Gasteiger partial charge is 0.492 e. The first kappa shape index (κ1) is 24.8. The van der Waals surface area contributed by atoms with Gasteiger partial charge in [-0.25, -0.2) is 0 Å². The number of likely N-dealkylation sites (N-methyl/N-ethyl adjacent to an activating group) is 1. The molecule has 0 amide bonds. The molecule has 0 aromatic heterocycles. The molecule has 0 spiro atoms. The summed E-state index contributed by atoms with van der Waals surface area (Å²) in [6, 6.07) is 22.1. The quantitative estimate of drug-likeness (QED) is 0.572. The molecule has 1 aliphatic rings. The van der Waals surface area contributed by atoms with E-state index in [1.54, 1.807) is 0 Å². The van der Waals surface area contributed by atoms with Crippen LogP contribution in [-0.2, 0) is 6.54 Å². The first-order valence-electron chi connectivity index (χ1n) is 9.90. The van der Waals surface area contributed by atoms with Gasteiger partial charge in [0.1, 0.15) is 12.4 Å². The van der Waals surface area contributed by atoms with Crippen LogP contribution in [0.5, 0.6) is 5.75 Å². The van der Waals surface area contributed by atoms with E-state index in [1.165, 1.54) is 31.4 Å². The summed E-state index contributed by atoms with van der Waals surface area (Å²) in [6.07, 6.45) is 3.92. The third-order valence-corrected chi connectivity index (χ3v) is 5.58. The Labute approximate surface area is 182 Å². The van der Waals surface area contributed by atoms with Gasteiger partial charge in [0.25, 0.3) is 0 Å². The highest BCUT2D eigenvalue weighted by atomic mass is 35.5. The van der Waals surface area contributed by atoms with Crippen molar-refractivity contribution in [2.75, 3.05) is 26.7 Å². The van der Waals surface area contributed by atoms with E-state index in [0.29, 0.717) is 12.1 Å². The Morgan fingerprint density at radius 2 is 1.64 bits per heavy atom. The maximum Gasteiger partial charge on any atom is 0.119 e. The Hall–Kier alpha value is -1.26. The topological polar surface area (TPSA) is 15.7 Å². The molecular weight excluding hydrogens is 391 g/mol. The Morgan fingerprint density at radius 3 is 2.32 bits per heavy atom. The number of halogens is 2. The fourth-order valence-corrected chi connectivity index (χ4v) is 3.95. The molecule has 0 aliphatic carbocycles. The number of nitrogens with zero attached hydrogens (tertiary/aromatic N) is 2. The van der Waals surface area contributed by atoms with Crippen molar-refractivity contribution in [1.29, 1.82) is 0 Å². The third kappa shape index (κ3) is 7.29. The summed E-state index contributed by atoms with van der Waals surface area (Å²) < 4.78 is 5.94. The summed E-state index contributed by atoms with van der Waals surface area (Å²) in [5, 5.41) is 0. The van der Waals surface area contributed by atoms with Crippen LogP contribution >= 0.6 is 24.8 Å². The minimum atomic E-state index is 0. The molecule has 2 aromatic rings. The molecule has 0 radical (unpaired) electrons. The van der Waals surface area contributed by atoms with Crippen molar-refractivity contribution in [3.63, 3.8) is 0 Å². The minimum Gasteiger partial charge on any atom is -0.492 e. The first-order valence-corrected chi connectivity index (χ1v) is 9.90. The smallest absolute Gasteiger partial charge is 0.119 e. The third-order valence-electron chi connectivity index (χ3n) is 5.58. The van der Waals surface area contributed by atoms with Gasteiger partial charge in [0.05, 0.1) is 0 Å². The van der Waals surface area contributed by atoms with Crippen LogP contribution in [0.1, 0.15) is 31.7 Å². The second kappa shape index (κ2) is 13.1. The highest BCUT2D eigenvalue weighted by Crippen LogP contribution is 2.23. The van der Waals surface area contributed by atoms with Crippen molar-refractivity contribution >= 4 is 24.8 Å². The van der Waals surface area contributed by atoms with Crippen molar-refractivity contribution in [3.05, 3.63) is 66.2 Å². The van der Waals surface area contributed by atoms with E-state index in [0.717, 1.165) is 25.4 Å². The summed E-state index contributed by atoms with van der Waals surface area (Å²) >= 11 is 0. The standard InChI is InChI=1S/C23H32N2O.2ClH/c1-20(24(2)19-21-11-5-3-6-12-21)23-15-9-10-16-25(23)17-18-26-22-13-7-4-8-14-22;;/h3-8,11-14,20,23H,9-10,15-19H2,1-2H3;2*1H. The Bertz CT molecular complexity index is 642. The summed E-state index contributed by atoms with van der Waals surface area (Å²) in [5.41, 5.74) is 1.39. The van der Waals surface area contributed by atoms with Gasteiger partial charge in [-0.3, -0.25) is 9.80 Å². The number of rotatable bonds is 8. The molecule has 2 atom stereocenters. The molecule has 3 nitrogen and oxygen atoms in total. The zero-order valence-electron chi connectivity index (χ0n) is 17.0. The molecule has 0 saturated carbocycles. The van der Waals surface area contributed by atoms with E-state index in [4.69, 9.17) is 4.74 Å². The monoisotopic (exact) mass is 424 g/mol. The second-order valence-electron chi connectivity index (χ2n) is 7.40. The minimum absolute atomic E-state index is 0. The lowest BCUT2D eigenvalue weighted by Crippen LogP contribution is -2.52. The molecule has 28 heavy (non-hydrogen) atoms. The fraction of sp³-hybridized carbons (Fsp3) is 0.478. The molecule has 0 bridgehead atoms. The van der Waals surface area contributed by atoms with E-state index in [9.17, 15) is 0 Å². The maximum atomic E-state index is 5.94. The van der Waals surface area contributed by atoms with Gasteiger partial charge in [-0.05, 0) is 51.1 Å².